The zero-order valence-corrected chi connectivity index (χ0v) is 5.47. The zero-order valence-electron chi connectivity index (χ0n) is 4.72. The molecule has 4 heteroatoms. The molecule has 0 atom stereocenters. The minimum Gasteiger partial charge on any atom is -0.344 e. The van der Waals surface area contributed by atoms with Crippen LogP contribution >= 0.6 is 11.6 Å². The van der Waals surface area contributed by atoms with Gasteiger partial charge in [-0.05, 0) is 11.6 Å². The fourth-order valence-electron chi connectivity index (χ4n) is 0.419. The summed E-state index contributed by atoms with van der Waals surface area (Å²) in [6.45, 7) is 1.40. The van der Waals surface area contributed by atoms with Crippen molar-refractivity contribution in [3.8, 4) is 0 Å². The van der Waals surface area contributed by atoms with Crippen molar-refractivity contribution in [3.05, 3.63) is 17.0 Å². The summed E-state index contributed by atoms with van der Waals surface area (Å²) in [6, 6.07) is 1.38. The second-order valence-electron chi connectivity index (χ2n) is 1.57. The summed E-state index contributed by atoms with van der Waals surface area (Å²) >= 11 is 5.32. The van der Waals surface area contributed by atoms with Gasteiger partial charge in [0.1, 0.15) is 0 Å². The third kappa shape index (κ3) is 1.29. The predicted octanol–water partition coefficient (Wildman–Crippen LogP) is 1.53. The van der Waals surface area contributed by atoms with E-state index in [1.165, 1.54) is 13.0 Å². The minimum absolute atomic E-state index is 0.139. The lowest BCUT2D eigenvalue weighted by Gasteiger charge is -1.76. The van der Waals surface area contributed by atoms with Gasteiger partial charge in [0.05, 0.1) is 0 Å². The van der Waals surface area contributed by atoms with Crippen LogP contribution in [0.5, 0.6) is 0 Å². The van der Waals surface area contributed by atoms with Crippen LogP contribution in [-0.2, 0) is 0 Å². The van der Waals surface area contributed by atoms with Gasteiger partial charge in [-0.1, -0.05) is 5.16 Å². The summed E-state index contributed by atoms with van der Waals surface area (Å²) in [5, 5.41) is 3.50. The lowest BCUT2D eigenvalue weighted by atomic mass is 10.3. The number of carbonyl (C=O) groups is 1. The van der Waals surface area contributed by atoms with Gasteiger partial charge >= 0.3 is 0 Å². The van der Waals surface area contributed by atoms with Crippen LogP contribution in [0.2, 0.25) is 5.22 Å². The van der Waals surface area contributed by atoms with E-state index in [9.17, 15) is 4.79 Å². The van der Waals surface area contributed by atoms with Crippen molar-refractivity contribution in [2.75, 3.05) is 0 Å². The first-order valence-corrected chi connectivity index (χ1v) is 2.71. The fraction of sp³-hybridized carbons (Fsp3) is 0.200. The lowest BCUT2D eigenvalue weighted by molar-refractivity contribution is 0.100. The van der Waals surface area contributed by atoms with E-state index in [-0.39, 0.29) is 16.7 Å². The average molecular weight is 146 g/mol. The number of halogens is 1. The summed E-state index contributed by atoms with van der Waals surface area (Å²) in [6.07, 6.45) is 0. The molecule has 0 radical (unpaired) electrons. The van der Waals surface area contributed by atoms with Crippen molar-refractivity contribution in [1.82, 2.24) is 5.16 Å². The number of hydrogen-bond donors (Lipinski definition) is 0. The molecule has 1 heterocycles. The average Bonchev–Trinajstić information content (AvgIpc) is 2.14. The largest absolute Gasteiger partial charge is 0.344 e. The monoisotopic (exact) mass is 145 g/mol. The summed E-state index contributed by atoms with van der Waals surface area (Å²) in [5.41, 5.74) is 0.264. The molecule has 3 nitrogen and oxygen atoms in total. The molecule has 9 heavy (non-hydrogen) atoms. The van der Waals surface area contributed by atoms with Gasteiger partial charge < -0.3 is 4.52 Å². The smallest absolute Gasteiger partial charge is 0.226 e. The van der Waals surface area contributed by atoms with Crippen LogP contribution in [0.1, 0.15) is 17.4 Å². The van der Waals surface area contributed by atoms with Crippen LogP contribution < -0.4 is 0 Å². The molecule has 48 valence electrons. The van der Waals surface area contributed by atoms with E-state index in [1.54, 1.807) is 0 Å². The maximum Gasteiger partial charge on any atom is 0.226 e. The van der Waals surface area contributed by atoms with Crippen LogP contribution in [0, 0.1) is 0 Å². The van der Waals surface area contributed by atoms with Crippen molar-refractivity contribution in [3.63, 3.8) is 0 Å². The highest BCUT2D eigenvalue weighted by atomic mass is 35.5. The van der Waals surface area contributed by atoms with Crippen molar-refractivity contribution < 1.29 is 9.32 Å². The molecular formula is C5H4ClNO2. The van der Waals surface area contributed by atoms with Crippen LogP contribution in [-0.4, -0.2) is 10.9 Å². The number of ketones is 1. The van der Waals surface area contributed by atoms with Crippen molar-refractivity contribution in [1.29, 1.82) is 0 Å². The molecule has 0 aliphatic carbocycles. The Balaban J connectivity index is 2.98. The molecule has 1 aromatic heterocycles. The number of nitrogens with zero attached hydrogens (tertiary/aromatic N) is 1. The first-order chi connectivity index (χ1) is 4.20. The highest BCUT2D eigenvalue weighted by Crippen LogP contribution is 2.08. The van der Waals surface area contributed by atoms with Crippen molar-refractivity contribution in [2.45, 2.75) is 6.92 Å². The number of Topliss-reactive ketones (excluding diaryl/α,β-unsaturated/α-hetero) is 1. The van der Waals surface area contributed by atoms with Gasteiger partial charge in [0, 0.05) is 13.0 Å². The Morgan fingerprint density at radius 1 is 1.89 bits per heavy atom. The molecule has 0 saturated carbocycles. The van der Waals surface area contributed by atoms with Crippen molar-refractivity contribution >= 4 is 17.4 Å². The van der Waals surface area contributed by atoms with E-state index in [0.29, 0.717) is 0 Å². The molecule has 0 N–H and O–H groups in total. The Morgan fingerprint density at radius 3 is 2.78 bits per heavy atom. The van der Waals surface area contributed by atoms with Gasteiger partial charge in [0.2, 0.25) is 5.22 Å². The second kappa shape index (κ2) is 2.19. The minimum atomic E-state index is -0.148. The maximum absolute atomic E-state index is 10.5. The van der Waals surface area contributed by atoms with E-state index < -0.39 is 0 Å². The van der Waals surface area contributed by atoms with E-state index in [4.69, 9.17) is 11.6 Å². The molecule has 0 unspecified atom stereocenters. The summed E-state index contributed by atoms with van der Waals surface area (Å²) < 4.78 is 4.42. The molecule has 0 amide bonds. The molecule has 0 saturated heterocycles. The summed E-state index contributed by atoms with van der Waals surface area (Å²) in [4.78, 5) is 10.5. The third-order valence-corrected chi connectivity index (χ3v) is 1.02. The van der Waals surface area contributed by atoms with Gasteiger partial charge in [-0.2, -0.15) is 0 Å². The Bertz CT molecular complexity index is 231. The summed E-state index contributed by atoms with van der Waals surface area (Å²) in [5.74, 6) is -0.148. The standard InChI is InChI=1S/C5H4ClNO2/c1-3(8)4-2-5(6)9-7-4/h2H,1H3. The first-order valence-electron chi connectivity index (χ1n) is 2.33. The molecular weight excluding hydrogens is 142 g/mol. The molecule has 0 aromatic carbocycles. The first kappa shape index (κ1) is 6.29. The molecule has 0 fully saturated rings. The van der Waals surface area contributed by atoms with Gasteiger partial charge in [0.15, 0.2) is 11.5 Å². The van der Waals surface area contributed by atoms with E-state index in [0.717, 1.165) is 0 Å². The third-order valence-electron chi connectivity index (χ3n) is 0.842. The normalized spacial score (nSPS) is 9.56. The zero-order chi connectivity index (χ0) is 6.85. The SMILES string of the molecule is CC(=O)c1cc(Cl)on1. The van der Waals surface area contributed by atoms with Crippen LogP contribution in [0.15, 0.2) is 10.6 Å². The predicted molar refractivity (Wildman–Crippen MR) is 31.5 cm³/mol. The van der Waals surface area contributed by atoms with E-state index in [2.05, 4.69) is 9.68 Å². The van der Waals surface area contributed by atoms with Gasteiger partial charge in [-0.15, -0.1) is 0 Å². The van der Waals surface area contributed by atoms with Crippen LogP contribution in [0.25, 0.3) is 0 Å². The highest BCUT2D eigenvalue weighted by Gasteiger charge is 2.04. The number of hydrogen-bond acceptors (Lipinski definition) is 3. The molecule has 1 aromatic rings. The molecule has 0 bridgehead atoms. The Labute approximate surface area is 56.6 Å². The number of carbonyl (C=O) groups excluding carboxylic acids is 1. The lowest BCUT2D eigenvalue weighted by Crippen LogP contribution is -1.89. The highest BCUT2D eigenvalue weighted by molar-refractivity contribution is 6.29. The van der Waals surface area contributed by atoms with Crippen LogP contribution in [0.3, 0.4) is 0 Å². The molecule has 1 rings (SSSR count). The van der Waals surface area contributed by atoms with Gasteiger partial charge in [-0.25, -0.2) is 0 Å². The molecule has 0 aliphatic rings. The quantitative estimate of drug-likeness (QED) is 0.563. The number of rotatable bonds is 1. The summed E-state index contributed by atoms with van der Waals surface area (Å²) in [7, 11) is 0. The Morgan fingerprint density at radius 2 is 2.56 bits per heavy atom. The fourth-order valence-corrected chi connectivity index (χ4v) is 0.557. The van der Waals surface area contributed by atoms with Crippen molar-refractivity contribution in [2.24, 2.45) is 0 Å². The van der Waals surface area contributed by atoms with E-state index in [1.807, 2.05) is 0 Å². The molecule has 0 aliphatic heterocycles. The van der Waals surface area contributed by atoms with Crippen LogP contribution in [0.4, 0.5) is 0 Å². The Hall–Kier alpha value is -0.830. The topological polar surface area (TPSA) is 43.1 Å². The number of aromatic nitrogens is 1. The molecule has 0 spiro atoms. The second-order valence-corrected chi connectivity index (χ2v) is 1.94. The van der Waals surface area contributed by atoms with Gasteiger partial charge in [0.25, 0.3) is 0 Å². The van der Waals surface area contributed by atoms with Gasteiger partial charge in [-0.3, -0.25) is 4.79 Å². The van der Waals surface area contributed by atoms with E-state index >= 15 is 0 Å². The maximum atomic E-state index is 10.5. The Kier molecular flexibility index (Phi) is 1.53.